The summed E-state index contributed by atoms with van der Waals surface area (Å²) in [5, 5.41) is 6.60. The van der Waals surface area contributed by atoms with Crippen LogP contribution < -0.4 is 15.5 Å². The second-order valence-electron chi connectivity index (χ2n) is 8.43. The summed E-state index contributed by atoms with van der Waals surface area (Å²) in [4.78, 5) is 39.1. The smallest absolute Gasteiger partial charge is 0.409 e. The fourth-order valence-corrected chi connectivity index (χ4v) is 4.51. The first-order chi connectivity index (χ1) is 17.3. The van der Waals surface area contributed by atoms with Crippen molar-refractivity contribution < 1.29 is 23.5 Å². The average molecular weight is 495 g/mol. The number of nitrogens with one attached hydrogen (secondary N) is 1. The molecular weight excluding hydrogens is 467 g/mol. The summed E-state index contributed by atoms with van der Waals surface area (Å²) in [5.74, 6) is -1.47. The number of hydrogen-bond acceptors (Lipinski definition) is 6. The van der Waals surface area contributed by atoms with Gasteiger partial charge in [0.25, 0.3) is 5.91 Å². The summed E-state index contributed by atoms with van der Waals surface area (Å²) < 4.78 is 26.2. The summed E-state index contributed by atoms with van der Waals surface area (Å²) in [6.07, 6.45) is 0.322. The number of carbonyl (C=O) groups excluding carboxylic acids is 2. The molecule has 188 valence electrons. The highest BCUT2D eigenvalue weighted by Crippen LogP contribution is 2.39. The standard InChI is InChI=1S/C26H27FN4O5/c1-4-30-14-20(22(17-8-5-7-16(2)11-17)18-9-6-10-19(27)12-18)31-23(25(30)33)24(21(32)13-29-31)35-15-36-26(34)28-3/h5-13,20,22H,4,14-15H2,1-3H3,(H,28,34). The first-order valence-corrected chi connectivity index (χ1v) is 11.5. The van der Waals surface area contributed by atoms with Gasteiger partial charge in [-0.15, -0.1) is 0 Å². The van der Waals surface area contributed by atoms with Crippen LogP contribution in [0.5, 0.6) is 5.75 Å². The number of alkyl carbamates (subject to hydrolysis) is 1. The fourth-order valence-electron chi connectivity index (χ4n) is 4.51. The number of aryl methyl sites for hydroxylation is 1. The van der Waals surface area contributed by atoms with Crippen LogP contribution in [0.25, 0.3) is 0 Å². The molecule has 1 aliphatic rings. The van der Waals surface area contributed by atoms with Gasteiger partial charge in [-0.3, -0.25) is 14.3 Å². The molecule has 4 rings (SSSR count). The molecule has 0 saturated heterocycles. The molecule has 2 atom stereocenters. The molecule has 0 bridgehead atoms. The minimum Gasteiger partial charge on any atom is -0.451 e. The molecule has 0 fully saturated rings. The zero-order valence-corrected chi connectivity index (χ0v) is 20.2. The molecule has 2 unspecified atom stereocenters. The lowest BCUT2D eigenvalue weighted by molar-refractivity contribution is 0.0521. The Labute approximate surface area is 207 Å². The third kappa shape index (κ3) is 4.93. The molecule has 36 heavy (non-hydrogen) atoms. The van der Waals surface area contributed by atoms with Crippen molar-refractivity contribution >= 4 is 12.0 Å². The van der Waals surface area contributed by atoms with E-state index in [1.807, 2.05) is 44.2 Å². The van der Waals surface area contributed by atoms with Crippen molar-refractivity contribution in [2.24, 2.45) is 0 Å². The van der Waals surface area contributed by atoms with Crippen LogP contribution in [0.1, 0.15) is 46.1 Å². The Hall–Kier alpha value is -4.21. The van der Waals surface area contributed by atoms with Gasteiger partial charge in [0.1, 0.15) is 5.82 Å². The molecule has 3 aromatic rings. The quantitative estimate of drug-likeness (QED) is 0.506. The van der Waals surface area contributed by atoms with Gasteiger partial charge < -0.3 is 19.7 Å². The molecule has 0 aliphatic carbocycles. The summed E-state index contributed by atoms with van der Waals surface area (Å²) in [7, 11) is 1.39. The first-order valence-electron chi connectivity index (χ1n) is 11.5. The normalized spacial score (nSPS) is 15.7. The molecule has 0 saturated carbocycles. The monoisotopic (exact) mass is 494 g/mol. The molecule has 1 aliphatic heterocycles. The maximum atomic E-state index is 14.3. The molecule has 2 heterocycles. The Morgan fingerprint density at radius 2 is 1.92 bits per heavy atom. The Kier molecular flexibility index (Phi) is 7.33. The van der Waals surface area contributed by atoms with E-state index in [2.05, 4.69) is 10.4 Å². The van der Waals surface area contributed by atoms with E-state index in [0.29, 0.717) is 12.1 Å². The van der Waals surface area contributed by atoms with Gasteiger partial charge in [0.05, 0.1) is 12.2 Å². The van der Waals surface area contributed by atoms with E-state index >= 15 is 0 Å². The first kappa shape index (κ1) is 24.9. The predicted octanol–water partition coefficient (Wildman–Crippen LogP) is 3.23. The number of benzene rings is 2. The number of ether oxygens (including phenoxy) is 2. The predicted molar refractivity (Wildman–Crippen MR) is 130 cm³/mol. The Bertz CT molecular complexity index is 1300. The SMILES string of the molecule is CCN1CC(C(c2cccc(C)c2)c2cccc(F)c2)n2ncc(=O)c(OCOC(=O)NC)c2C1=O. The largest absolute Gasteiger partial charge is 0.451 e. The Morgan fingerprint density at radius 1 is 1.19 bits per heavy atom. The van der Waals surface area contributed by atoms with Crippen molar-refractivity contribution in [1.82, 2.24) is 20.0 Å². The number of aromatic nitrogens is 2. The number of rotatable bonds is 7. The van der Waals surface area contributed by atoms with Crippen LogP contribution in [0, 0.1) is 12.7 Å². The van der Waals surface area contributed by atoms with Gasteiger partial charge in [-0.1, -0.05) is 42.0 Å². The van der Waals surface area contributed by atoms with Crippen LogP contribution >= 0.6 is 0 Å². The highest BCUT2D eigenvalue weighted by atomic mass is 19.1. The zero-order valence-electron chi connectivity index (χ0n) is 20.2. The molecule has 1 aromatic heterocycles. The summed E-state index contributed by atoms with van der Waals surface area (Å²) in [6.45, 7) is 3.88. The Morgan fingerprint density at radius 3 is 2.58 bits per heavy atom. The number of hydrogen-bond donors (Lipinski definition) is 1. The highest BCUT2D eigenvalue weighted by Gasteiger charge is 2.39. The zero-order chi connectivity index (χ0) is 25.8. The van der Waals surface area contributed by atoms with Crippen molar-refractivity contribution in [3.63, 3.8) is 0 Å². The molecule has 0 spiro atoms. The molecule has 0 radical (unpaired) electrons. The lowest BCUT2D eigenvalue weighted by Gasteiger charge is -2.39. The molecule has 10 heteroatoms. The molecule has 1 N–H and O–H groups in total. The summed E-state index contributed by atoms with van der Waals surface area (Å²) >= 11 is 0. The fraction of sp³-hybridized carbons (Fsp3) is 0.308. The maximum absolute atomic E-state index is 14.3. The highest BCUT2D eigenvalue weighted by molar-refractivity contribution is 5.96. The summed E-state index contributed by atoms with van der Waals surface area (Å²) in [6, 6.07) is 13.7. The third-order valence-electron chi connectivity index (χ3n) is 6.15. The van der Waals surface area contributed by atoms with Gasteiger partial charge >= 0.3 is 6.09 Å². The van der Waals surface area contributed by atoms with E-state index in [1.165, 1.54) is 23.9 Å². The number of carbonyl (C=O) groups is 2. The molecule has 9 nitrogen and oxygen atoms in total. The van der Waals surface area contributed by atoms with E-state index < -0.39 is 36.2 Å². The lowest BCUT2D eigenvalue weighted by atomic mass is 9.83. The minimum atomic E-state index is -0.747. The number of likely N-dealkylation sites (N-methyl/N-ethyl adjacent to an activating group) is 1. The number of halogens is 1. The topological polar surface area (TPSA) is 103 Å². The Balaban J connectivity index is 1.88. The van der Waals surface area contributed by atoms with Gasteiger partial charge in [-0.25, -0.2) is 9.18 Å². The van der Waals surface area contributed by atoms with Crippen molar-refractivity contribution in [3.8, 4) is 5.75 Å². The molecule has 2 aromatic carbocycles. The van der Waals surface area contributed by atoms with Crippen molar-refractivity contribution in [3.05, 3.63) is 93.2 Å². The van der Waals surface area contributed by atoms with Gasteiger partial charge in [-0.2, -0.15) is 5.10 Å². The van der Waals surface area contributed by atoms with E-state index in [0.717, 1.165) is 17.3 Å². The van der Waals surface area contributed by atoms with E-state index in [-0.39, 0.29) is 23.8 Å². The number of amides is 2. The van der Waals surface area contributed by atoms with Crippen LogP contribution in [0.2, 0.25) is 0 Å². The van der Waals surface area contributed by atoms with Gasteiger partial charge in [-0.05, 0) is 37.1 Å². The van der Waals surface area contributed by atoms with Gasteiger partial charge in [0, 0.05) is 26.1 Å². The maximum Gasteiger partial charge on any atom is 0.409 e. The van der Waals surface area contributed by atoms with E-state index in [4.69, 9.17) is 9.47 Å². The summed E-state index contributed by atoms with van der Waals surface area (Å²) in [5.41, 5.74) is 1.97. The lowest BCUT2D eigenvalue weighted by Crippen LogP contribution is -2.47. The van der Waals surface area contributed by atoms with Crippen molar-refractivity contribution in [1.29, 1.82) is 0 Å². The van der Waals surface area contributed by atoms with Crippen LogP contribution in [-0.4, -0.2) is 53.6 Å². The average Bonchev–Trinajstić information content (AvgIpc) is 2.86. The van der Waals surface area contributed by atoms with Crippen LogP contribution in [0.3, 0.4) is 0 Å². The van der Waals surface area contributed by atoms with Crippen LogP contribution in [0.4, 0.5) is 9.18 Å². The number of nitrogens with zero attached hydrogens (tertiary/aromatic N) is 3. The van der Waals surface area contributed by atoms with Crippen molar-refractivity contribution in [2.75, 3.05) is 26.9 Å². The third-order valence-corrected chi connectivity index (χ3v) is 6.15. The second kappa shape index (κ2) is 10.6. The molecule has 2 amide bonds. The van der Waals surface area contributed by atoms with Crippen molar-refractivity contribution in [2.45, 2.75) is 25.8 Å². The van der Waals surface area contributed by atoms with E-state index in [9.17, 15) is 18.8 Å². The van der Waals surface area contributed by atoms with Gasteiger partial charge in [0.15, 0.2) is 5.69 Å². The van der Waals surface area contributed by atoms with E-state index in [1.54, 1.807) is 11.0 Å². The van der Waals surface area contributed by atoms with Gasteiger partial charge in [0.2, 0.25) is 18.0 Å². The van der Waals surface area contributed by atoms with Crippen LogP contribution in [0.15, 0.2) is 59.5 Å². The molecular formula is C26H27FN4O5. The van der Waals surface area contributed by atoms with Crippen LogP contribution in [-0.2, 0) is 4.74 Å². The second-order valence-corrected chi connectivity index (χ2v) is 8.43. The number of fused-ring (bicyclic) bond motifs is 1. The minimum absolute atomic E-state index is 0.0461.